The van der Waals surface area contributed by atoms with Crippen LogP contribution in [-0.4, -0.2) is 34.3 Å². The largest absolute Gasteiger partial charge is 0.355 e. The van der Waals surface area contributed by atoms with Crippen LogP contribution in [0.2, 0.25) is 5.02 Å². The van der Waals surface area contributed by atoms with Crippen LogP contribution in [0.5, 0.6) is 0 Å². The molecule has 0 saturated carbocycles. The Labute approximate surface area is 173 Å². The lowest BCUT2D eigenvalue weighted by Crippen LogP contribution is -2.38. The minimum absolute atomic E-state index is 0. The first-order valence-corrected chi connectivity index (χ1v) is 8.26. The third kappa shape index (κ3) is 5.73. The highest BCUT2D eigenvalue weighted by molar-refractivity contribution is 14.0. The van der Waals surface area contributed by atoms with Crippen molar-refractivity contribution in [2.24, 2.45) is 4.99 Å². The van der Waals surface area contributed by atoms with Gasteiger partial charge in [-0.05, 0) is 24.3 Å². The fourth-order valence-electron chi connectivity index (χ4n) is 2.27. The molecule has 3 aromatic rings. The van der Waals surface area contributed by atoms with E-state index in [1.807, 2.05) is 36.7 Å². The van der Waals surface area contributed by atoms with Crippen molar-refractivity contribution in [1.29, 1.82) is 0 Å². The zero-order valence-electron chi connectivity index (χ0n) is 14.2. The molecular weight excluding hydrogens is 467 g/mol. The van der Waals surface area contributed by atoms with Crippen molar-refractivity contribution in [1.82, 2.24) is 25.3 Å². The van der Waals surface area contributed by atoms with Gasteiger partial charge in [-0.15, -0.1) is 24.0 Å². The van der Waals surface area contributed by atoms with Gasteiger partial charge in [-0.1, -0.05) is 28.9 Å². The quantitative estimate of drug-likeness (QED) is 0.318. The van der Waals surface area contributed by atoms with Crippen LogP contribution in [-0.2, 0) is 13.1 Å². The Hall–Kier alpha value is -2.07. The van der Waals surface area contributed by atoms with Gasteiger partial charge in [-0.25, -0.2) is 0 Å². The molecule has 0 bridgehead atoms. The Morgan fingerprint density at radius 2 is 2.04 bits per heavy atom. The molecule has 0 aliphatic carbocycles. The third-order valence-electron chi connectivity index (χ3n) is 3.51. The first kappa shape index (κ1) is 20.2. The van der Waals surface area contributed by atoms with Crippen LogP contribution in [0.25, 0.3) is 11.4 Å². The second-order valence-electron chi connectivity index (χ2n) is 5.30. The summed E-state index contributed by atoms with van der Waals surface area (Å²) in [6.07, 6.45) is 4.04. The van der Waals surface area contributed by atoms with E-state index in [0.717, 1.165) is 18.7 Å². The van der Waals surface area contributed by atoms with Gasteiger partial charge in [0.2, 0.25) is 11.7 Å². The zero-order chi connectivity index (χ0) is 17.5. The van der Waals surface area contributed by atoms with Crippen LogP contribution in [0, 0.1) is 0 Å². The number of hydrogen-bond donors (Lipinski definition) is 2. The normalized spacial score (nSPS) is 11.1. The number of halogens is 2. The van der Waals surface area contributed by atoms with E-state index in [0.29, 0.717) is 29.2 Å². The van der Waals surface area contributed by atoms with Crippen LogP contribution in [0.3, 0.4) is 0 Å². The maximum absolute atomic E-state index is 5.98. The van der Waals surface area contributed by atoms with E-state index in [1.165, 1.54) is 0 Å². The summed E-state index contributed by atoms with van der Waals surface area (Å²) in [6, 6.07) is 11.3. The summed E-state index contributed by atoms with van der Waals surface area (Å²) < 4.78 is 7.36. The third-order valence-corrected chi connectivity index (χ3v) is 3.75. The number of aromatic nitrogens is 3. The van der Waals surface area contributed by atoms with Gasteiger partial charge in [-0.2, -0.15) is 4.98 Å². The van der Waals surface area contributed by atoms with Gasteiger partial charge in [0.1, 0.15) is 0 Å². The second-order valence-corrected chi connectivity index (χ2v) is 5.73. The average Bonchev–Trinajstić information content (AvgIpc) is 3.30. The van der Waals surface area contributed by atoms with Crippen molar-refractivity contribution in [3.8, 4) is 11.4 Å². The number of hydrogen-bond acceptors (Lipinski definition) is 4. The molecule has 2 N–H and O–H groups in total. The summed E-state index contributed by atoms with van der Waals surface area (Å²) in [5.74, 6) is 1.66. The number of nitrogens with zero attached hydrogens (tertiary/aromatic N) is 4. The molecule has 0 radical (unpaired) electrons. The van der Waals surface area contributed by atoms with E-state index in [1.54, 1.807) is 19.2 Å². The molecule has 0 spiro atoms. The molecule has 0 aliphatic heterocycles. The lowest BCUT2D eigenvalue weighted by atomic mass is 10.2. The number of aliphatic imine (C=N–C) groups is 1. The SMILES string of the molecule is CN=C(NCCn1cccc1)NCc1nc(-c2cccc(Cl)c2)no1.I. The van der Waals surface area contributed by atoms with Crippen molar-refractivity contribution in [3.05, 3.63) is 59.7 Å². The van der Waals surface area contributed by atoms with Gasteiger partial charge in [0.15, 0.2) is 5.96 Å². The van der Waals surface area contributed by atoms with Crippen molar-refractivity contribution in [2.75, 3.05) is 13.6 Å². The zero-order valence-corrected chi connectivity index (χ0v) is 17.3. The fourth-order valence-corrected chi connectivity index (χ4v) is 2.46. The standard InChI is InChI=1S/C17H19ClN6O.HI/c1-19-17(20-7-10-24-8-2-3-9-24)21-12-15-22-16(23-25-15)13-5-4-6-14(18)11-13;/h2-6,8-9,11H,7,10,12H2,1H3,(H2,19,20,21);1H. The Morgan fingerprint density at radius 3 is 2.77 bits per heavy atom. The first-order valence-electron chi connectivity index (χ1n) is 7.88. The molecule has 3 rings (SSSR count). The number of rotatable bonds is 6. The molecule has 0 aliphatic rings. The van der Waals surface area contributed by atoms with Gasteiger partial charge in [-0.3, -0.25) is 4.99 Å². The molecule has 9 heteroatoms. The summed E-state index contributed by atoms with van der Waals surface area (Å²) in [6.45, 7) is 2.00. The van der Waals surface area contributed by atoms with Crippen LogP contribution in [0.1, 0.15) is 5.89 Å². The van der Waals surface area contributed by atoms with Gasteiger partial charge >= 0.3 is 0 Å². The average molecular weight is 487 g/mol. The maximum Gasteiger partial charge on any atom is 0.246 e. The molecule has 138 valence electrons. The van der Waals surface area contributed by atoms with Crippen molar-refractivity contribution >= 4 is 41.5 Å². The van der Waals surface area contributed by atoms with E-state index < -0.39 is 0 Å². The topological polar surface area (TPSA) is 80.3 Å². The summed E-state index contributed by atoms with van der Waals surface area (Å²) in [4.78, 5) is 8.54. The Morgan fingerprint density at radius 1 is 1.23 bits per heavy atom. The summed E-state index contributed by atoms with van der Waals surface area (Å²) >= 11 is 5.98. The van der Waals surface area contributed by atoms with E-state index in [9.17, 15) is 0 Å². The van der Waals surface area contributed by atoms with Crippen molar-refractivity contribution in [2.45, 2.75) is 13.1 Å². The molecule has 7 nitrogen and oxygen atoms in total. The molecular formula is C17H20ClIN6O. The number of nitrogens with one attached hydrogen (secondary N) is 2. The van der Waals surface area contributed by atoms with E-state index in [-0.39, 0.29) is 24.0 Å². The van der Waals surface area contributed by atoms with Gasteiger partial charge < -0.3 is 19.7 Å². The highest BCUT2D eigenvalue weighted by Crippen LogP contribution is 2.19. The highest BCUT2D eigenvalue weighted by atomic mass is 127. The lowest BCUT2D eigenvalue weighted by Gasteiger charge is -2.10. The summed E-state index contributed by atoms with van der Waals surface area (Å²) in [7, 11) is 1.72. The minimum atomic E-state index is 0. The molecule has 0 fully saturated rings. The van der Waals surface area contributed by atoms with Crippen LogP contribution >= 0.6 is 35.6 Å². The smallest absolute Gasteiger partial charge is 0.246 e. The minimum Gasteiger partial charge on any atom is -0.355 e. The van der Waals surface area contributed by atoms with Gasteiger partial charge in [0, 0.05) is 43.1 Å². The molecule has 2 heterocycles. The molecule has 0 saturated heterocycles. The summed E-state index contributed by atoms with van der Waals surface area (Å²) in [5.41, 5.74) is 0.816. The highest BCUT2D eigenvalue weighted by Gasteiger charge is 2.09. The van der Waals surface area contributed by atoms with Crippen LogP contribution in [0.15, 0.2) is 58.3 Å². The molecule has 0 atom stereocenters. The van der Waals surface area contributed by atoms with E-state index in [2.05, 4.69) is 30.3 Å². The Kier molecular flexibility index (Phi) is 7.92. The Bertz CT molecular complexity index is 833. The lowest BCUT2D eigenvalue weighted by molar-refractivity contribution is 0.375. The number of benzene rings is 1. The van der Waals surface area contributed by atoms with Crippen LogP contribution in [0.4, 0.5) is 0 Å². The van der Waals surface area contributed by atoms with Crippen LogP contribution < -0.4 is 10.6 Å². The molecule has 26 heavy (non-hydrogen) atoms. The first-order chi connectivity index (χ1) is 12.2. The van der Waals surface area contributed by atoms with Gasteiger partial charge in [0.05, 0.1) is 6.54 Å². The predicted octanol–water partition coefficient (Wildman–Crippen LogP) is 3.17. The molecule has 0 amide bonds. The maximum atomic E-state index is 5.98. The van der Waals surface area contributed by atoms with Crippen molar-refractivity contribution in [3.63, 3.8) is 0 Å². The van der Waals surface area contributed by atoms with Gasteiger partial charge in [0.25, 0.3) is 0 Å². The number of guanidine groups is 1. The van der Waals surface area contributed by atoms with E-state index >= 15 is 0 Å². The second kappa shape index (κ2) is 10.2. The molecule has 1 aromatic carbocycles. The van der Waals surface area contributed by atoms with E-state index in [4.69, 9.17) is 16.1 Å². The predicted molar refractivity (Wildman–Crippen MR) is 113 cm³/mol. The molecule has 2 aromatic heterocycles. The molecule has 0 unspecified atom stereocenters. The van der Waals surface area contributed by atoms with Crippen molar-refractivity contribution < 1.29 is 4.52 Å². The monoisotopic (exact) mass is 486 g/mol. The Balaban J connectivity index is 0.00000243. The summed E-state index contributed by atoms with van der Waals surface area (Å²) in [5, 5.41) is 11.0. The fraction of sp³-hybridized carbons (Fsp3) is 0.235.